The first-order valence-corrected chi connectivity index (χ1v) is 18.1. The maximum absolute atomic E-state index is 6.37. The van der Waals surface area contributed by atoms with Crippen molar-refractivity contribution in [2.75, 3.05) is 9.80 Å². The van der Waals surface area contributed by atoms with Crippen LogP contribution in [0.4, 0.5) is 34.1 Å². The minimum Gasteiger partial charge on any atom is -0.460 e. The molecular weight excluding hydrogens is 637 g/mol. The molecule has 2 aromatic heterocycles. The highest BCUT2D eigenvalue weighted by Crippen LogP contribution is 2.45. The van der Waals surface area contributed by atoms with Gasteiger partial charge in [0, 0.05) is 46.7 Å². The van der Waals surface area contributed by atoms with Crippen LogP contribution in [0.25, 0.3) is 45.2 Å². The Hall–Kier alpha value is -6.52. The van der Waals surface area contributed by atoms with Gasteiger partial charge in [0.1, 0.15) is 22.7 Å². The Labute approximate surface area is 303 Å². The lowest BCUT2D eigenvalue weighted by Crippen LogP contribution is -2.10. The van der Waals surface area contributed by atoms with Gasteiger partial charge in [0.15, 0.2) is 0 Å². The molecule has 4 heteroatoms. The van der Waals surface area contributed by atoms with Crippen molar-refractivity contribution in [3.8, 4) is 11.1 Å². The van der Waals surface area contributed by atoms with Crippen LogP contribution in [0.5, 0.6) is 0 Å². The Morgan fingerprint density at radius 2 is 0.788 bits per heavy atom. The van der Waals surface area contributed by atoms with E-state index in [2.05, 4.69) is 180 Å². The third-order valence-corrected chi connectivity index (χ3v) is 10.4. The molecule has 0 atom stereocenters. The molecular formula is C48H36N2O2. The predicted molar refractivity (Wildman–Crippen MR) is 215 cm³/mol. The number of furan rings is 2. The monoisotopic (exact) mass is 672 g/mol. The molecule has 2 aliphatic rings. The lowest BCUT2D eigenvalue weighted by atomic mass is 10.00. The van der Waals surface area contributed by atoms with E-state index in [4.69, 9.17) is 8.83 Å². The Bertz CT molecular complexity index is 2430. The summed E-state index contributed by atoms with van der Waals surface area (Å²) in [5, 5.41) is 2.31. The molecule has 0 spiro atoms. The molecule has 0 unspecified atom stereocenters. The number of allylic oxidation sites excluding steroid dienone is 2. The minimum absolute atomic E-state index is 0.927. The van der Waals surface area contributed by atoms with Crippen molar-refractivity contribution in [1.82, 2.24) is 0 Å². The molecule has 0 N–H and O–H groups in total. The summed E-state index contributed by atoms with van der Waals surface area (Å²) in [7, 11) is 0. The molecule has 4 nitrogen and oxygen atoms in total. The van der Waals surface area contributed by atoms with Crippen molar-refractivity contribution < 1.29 is 8.83 Å². The first-order valence-electron chi connectivity index (χ1n) is 18.1. The normalized spacial score (nSPS) is 13.3. The second-order valence-electron chi connectivity index (χ2n) is 13.5. The van der Waals surface area contributed by atoms with Gasteiger partial charge in [-0.05, 0) is 96.8 Å². The van der Waals surface area contributed by atoms with Crippen LogP contribution in [-0.2, 0) is 12.8 Å². The predicted octanol–water partition coefficient (Wildman–Crippen LogP) is 13.7. The van der Waals surface area contributed by atoms with Gasteiger partial charge in [-0.3, -0.25) is 0 Å². The van der Waals surface area contributed by atoms with E-state index in [-0.39, 0.29) is 0 Å². The molecule has 0 radical (unpaired) electrons. The van der Waals surface area contributed by atoms with E-state index in [9.17, 15) is 0 Å². The average Bonchev–Trinajstić information content (AvgIpc) is 3.79. The van der Waals surface area contributed by atoms with Gasteiger partial charge in [-0.15, -0.1) is 0 Å². The van der Waals surface area contributed by atoms with Crippen LogP contribution in [-0.4, -0.2) is 0 Å². The largest absolute Gasteiger partial charge is 0.460 e. The van der Waals surface area contributed by atoms with E-state index in [0.717, 1.165) is 104 Å². The first-order chi connectivity index (χ1) is 25.8. The smallest absolute Gasteiger partial charge is 0.137 e. The van der Waals surface area contributed by atoms with Gasteiger partial charge in [-0.2, -0.15) is 0 Å². The molecule has 0 amide bonds. The summed E-state index contributed by atoms with van der Waals surface area (Å²) in [4.78, 5) is 4.69. The highest BCUT2D eigenvalue weighted by atomic mass is 16.3. The Morgan fingerprint density at radius 1 is 0.385 bits per heavy atom. The molecule has 0 aliphatic heterocycles. The number of para-hydroxylation sites is 2. The maximum Gasteiger partial charge on any atom is 0.137 e. The average molecular weight is 673 g/mol. The number of aryl methyl sites for hydroxylation is 2. The molecule has 0 fully saturated rings. The third kappa shape index (κ3) is 5.15. The van der Waals surface area contributed by atoms with E-state index in [0.29, 0.717) is 0 Å². The van der Waals surface area contributed by atoms with Crippen LogP contribution in [0, 0.1) is 0 Å². The summed E-state index contributed by atoms with van der Waals surface area (Å²) in [6.45, 7) is 0. The van der Waals surface area contributed by atoms with Crippen LogP contribution < -0.4 is 9.80 Å². The van der Waals surface area contributed by atoms with E-state index < -0.39 is 0 Å². The number of hydrogen-bond acceptors (Lipinski definition) is 4. The standard InChI is InChI=1S/C48H36N2O2/c1-3-13-35(14-4-1)49(41-19-11-23-45-47(41)39-17-7-9-21-43(39)51-45)37-29-25-33(26-30-37)34-27-31-38(32-28-34)50(36-15-5-2-6-16-36)42-20-12-24-46-48(42)40-18-8-10-22-44(40)52-46/h1-8,11-20,23-32H,9-10,21-22H2. The Kier molecular flexibility index (Phi) is 7.38. The summed E-state index contributed by atoms with van der Waals surface area (Å²) in [6.07, 6.45) is 12.8. The number of rotatable bonds is 7. The van der Waals surface area contributed by atoms with E-state index in [1.165, 1.54) is 11.1 Å². The zero-order valence-electron chi connectivity index (χ0n) is 28.7. The number of nitrogens with zero attached hydrogens (tertiary/aromatic N) is 2. The van der Waals surface area contributed by atoms with Crippen LogP contribution in [0.2, 0.25) is 0 Å². The molecule has 2 aliphatic carbocycles. The molecule has 0 saturated heterocycles. The van der Waals surface area contributed by atoms with Gasteiger partial charge in [0.2, 0.25) is 0 Å². The number of hydrogen-bond donors (Lipinski definition) is 0. The van der Waals surface area contributed by atoms with E-state index in [1.54, 1.807) is 0 Å². The molecule has 10 rings (SSSR count). The first kappa shape index (κ1) is 30.3. The Balaban J connectivity index is 1.03. The highest BCUT2D eigenvalue weighted by molar-refractivity contribution is 6.04. The van der Waals surface area contributed by atoms with E-state index >= 15 is 0 Å². The van der Waals surface area contributed by atoms with Gasteiger partial charge in [-0.25, -0.2) is 0 Å². The van der Waals surface area contributed by atoms with Crippen LogP contribution in [0.1, 0.15) is 35.5 Å². The fourth-order valence-corrected chi connectivity index (χ4v) is 7.95. The van der Waals surface area contributed by atoms with Gasteiger partial charge in [0.05, 0.1) is 22.1 Å². The van der Waals surface area contributed by atoms with Crippen LogP contribution in [0.15, 0.2) is 167 Å². The summed E-state index contributed by atoms with van der Waals surface area (Å²) in [5.74, 6) is 2.14. The fourth-order valence-electron chi connectivity index (χ4n) is 7.95. The number of anilines is 6. The zero-order valence-corrected chi connectivity index (χ0v) is 28.7. The molecule has 0 saturated carbocycles. The minimum atomic E-state index is 0.927. The summed E-state index contributed by atoms with van der Waals surface area (Å²) in [5.41, 5.74) is 13.2. The van der Waals surface area contributed by atoms with Crippen LogP contribution >= 0.6 is 0 Å². The van der Waals surface area contributed by atoms with E-state index in [1.807, 2.05) is 0 Å². The topological polar surface area (TPSA) is 32.8 Å². The number of benzene rings is 6. The quantitative estimate of drug-likeness (QED) is 0.169. The van der Waals surface area contributed by atoms with Gasteiger partial charge < -0.3 is 18.6 Å². The van der Waals surface area contributed by atoms with Crippen molar-refractivity contribution in [1.29, 1.82) is 0 Å². The van der Waals surface area contributed by atoms with Crippen molar-refractivity contribution in [3.05, 3.63) is 180 Å². The Morgan fingerprint density at radius 3 is 1.21 bits per heavy atom. The molecule has 6 aromatic carbocycles. The van der Waals surface area contributed by atoms with Gasteiger partial charge in [0.25, 0.3) is 0 Å². The molecule has 2 heterocycles. The number of fused-ring (bicyclic) bond motifs is 6. The highest BCUT2D eigenvalue weighted by Gasteiger charge is 2.24. The molecule has 250 valence electrons. The van der Waals surface area contributed by atoms with Crippen molar-refractivity contribution in [2.45, 2.75) is 25.7 Å². The molecule has 52 heavy (non-hydrogen) atoms. The van der Waals surface area contributed by atoms with Gasteiger partial charge >= 0.3 is 0 Å². The summed E-state index contributed by atoms with van der Waals surface area (Å²) in [6, 6.07) is 51.8. The van der Waals surface area contributed by atoms with Gasteiger partial charge in [-0.1, -0.05) is 97.1 Å². The third-order valence-electron chi connectivity index (χ3n) is 10.4. The SMILES string of the molecule is C1=Cc2c(oc3cccc(N(c4ccccc4)c4ccc(-c5ccc(N(c6ccccc6)c6cccc7oc8c(c67)C=CCC8)cc5)cc4)c23)CC1. The van der Waals surface area contributed by atoms with Crippen molar-refractivity contribution in [3.63, 3.8) is 0 Å². The lowest BCUT2D eigenvalue weighted by Gasteiger charge is -2.27. The summed E-state index contributed by atoms with van der Waals surface area (Å²) >= 11 is 0. The maximum atomic E-state index is 6.37. The zero-order chi connectivity index (χ0) is 34.4. The van der Waals surface area contributed by atoms with Crippen molar-refractivity contribution in [2.24, 2.45) is 0 Å². The summed E-state index contributed by atoms with van der Waals surface area (Å²) < 4.78 is 12.7. The second-order valence-corrected chi connectivity index (χ2v) is 13.5. The lowest BCUT2D eigenvalue weighted by molar-refractivity contribution is 0.546. The molecule has 8 aromatic rings. The second kappa shape index (κ2) is 12.7. The molecule has 0 bridgehead atoms. The van der Waals surface area contributed by atoms with Crippen molar-refractivity contribution >= 4 is 68.2 Å². The van der Waals surface area contributed by atoms with Crippen LogP contribution in [0.3, 0.4) is 0 Å². The fraction of sp³-hybridized carbons (Fsp3) is 0.0833.